The fraction of sp³-hybridized carbons (Fsp3) is 0.300. The summed E-state index contributed by atoms with van der Waals surface area (Å²) in [6.45, 7) is 1.68. The van der Waals surface area contributed by atoms with Crippen molar-refractivity contribution in [2.75, 3.05) is 7.11 Å². The van der Waals surface area contributed by atoms with Gasteiger partial charge < -0.3 is 14.6 Å². The van der Waals surface area contributed by atoms with Crippen LogP contribution in [0.2, 0.25) is 0 Å². The first kappa shape index (κ1) is 10.4. The average Bonchev–Trinajstić information content (AvgIpc) is 2.20. The van der Waals surface area contributed by atoms with Crippen LogP contribution < -0.4 is 9.47 Å². The van der Waals surface area contributed by atoms with Gasteiger partial charge in [0.05, 0.1) is 7.11 Å². The Kier molecular flexibility index (Phi) is 3.34. The lowest BCUT2D eigenvalue weighted by Crippen LogP contribution is -2.06. The van der Waals surface area contributed by atoms with Crippen LogP contribution >= 0.6 is 0 Å². The van der Waals surface area contributed by atoms with Crippen LogP contribution in [0, 0.1) is 0 Å². The van der Waals surface area contributed by atoms with Gasteiger partial charge in [0.15, 0.2) is 11.5 Å². The Morgan fingerprint density at radius 3 is 2.79 bits per heavy atom. The second-order valence-electron chi connectivity index (χ2n) is 2.64. The summed E-state index contributed by atoms with van der Waals surface area (Å²) in [4.78, 5) is 11.0. The van der Waals surface area contributed by atoms with Crippen LogP contribution in [0.3, 0.4) is 0 Å². The molecule has 0 aliphatic rings. The number of esters is 1. The van der Waals surface area contributed by atoms with Crippen LogP contribution in [0.1, 0.15) is 13.3 Å². The highest BCUT2D eigenvalue weighted by Crippen LogP contribution is 2.35. The molecule has 0 aromatic heterocycles. The maximum atomic E-state index is 11.0. The average molecular weight is 196 g/mol. The second-order valence-corrected chi connectivity index (χ2v) is 2.64. The third-order valence-corrected chi connectivity index (χ3v) is 1.68. The highest BCUT2D eigenvalue weighted by Gasteiger charge is 2.12. The van der Waals surface area contributed by atoms with Gasteiger partial charge in [-0.05, 0) is 12.1 Å². The van der Waals surface area contributed by atoms with Gasteiger partial charge in [-0.2, -0.15) is 0 Å². The summed E-state index contributed by atoms with van der Waals surface area (Å²) >= 11 is 0. The normalized spacial score (nSPS) is 9.57. The number of methoxy groups -OCH3 is 1. The summed E-state index contributed by atoms with van der Waals surface area (Å²) < 4.78 is 9.84. The van der Waals surface area contributed by atoms with Gasteiger partial charge in [0.25, 0.3) is 0 Å². The Labute approximate surface area is 82.1 Å². The van der Waals surface area contributed by atoms with Crippen molar-refractivity contribution in [3.63, 3.8) is 0 Å². The van der Waals surface area contributed by atoms with Crippen molar-refractivity contribution in [1.82, 2.24) is 0 Å². The maximum absolute atomic E-state index is 11.0. The van der Waals surface area contributed by atoms with Gasteiger partial charge in [-0.3, -0.25) is 4.79 Å². The first-order valence-corrected chi connectivity index (χ1v) is 4.25. The van der Waals surface area contributed by atoms with E-state index in [-0.39, 0.29) is 17.9 Å². The molecule has 0 atom stereocenters. The topological polar surface area (TPSA) is 55.8 Å². The Morgan fingerprint density at radius 1 is 1.50 bits per heavy atom. The van der Waals surface area contributed by atoms with E-state index in [2.05, 4.69) is 0 Å². The summed E-state index contributed by atoms with van der Waals surface area (Å²) in [5, 5.41) is 9.41. The molecular weight excluding hydrogens is 184 g/mol. The van der Waals surface area contributed by atoms with Crippen molar-refractivity contribution < 1.29 is 19.4 Å². The summed E-state index contributed by atoms with van der Waals surface area (Å²) in [6, 6.07) is 4.65. The maximum Gasteiger partial charge on any atom is 0.311 e. The lowest BCUT2D eigenvalue weighted by atomic mass is 10.3. The lowest BCUT2D eigenvalue weighted by Gasteiger charge is -2.09. The van der Waals surface area contributed by atoms with Gasteiger partial charge in [-0.25, -0.2) is 0 Å². The number of phenolic OH excluding ortho intramolecular Hbond substituents is 1. The molecule has 0 aliphatic heterocycles. The van der Waals surface area contributed by atoms with E-state index in [9.17, 15) is 9.90 Å². The predicted molar refractivity (Wildman–Crippen MR) is 50.6 cm³/mol. The van der Waals surface area contributed by atoms with Crippen molar-refractivity contribution in [2.24, 2.45) is 0 Å². The number of carbonyl (C=O) groups excluding carboxylic acids is 1. The molecule has 4 heteroatoms. The van der Waals surface area contributed by atoms with Gasteiger partial charge in [-0.1, -0.05) is 13.0 Å². The molecule has 0 unspecified atom stereocenters. The Hall–Kier alpha value is -1.71. The molecule has 0 fully saturated rings. The number of benzene rings is 1. The summed E-state index contributed by atoms with van der Waals surface area (Å²) in [6.07, 6.45) is 0.248. The Balaban J connectivity index is 2.98. The van der Waals surface area contributed by atoms with Crippen molar-refractivity contribution >= 4 is 5.97 Å². The molecule has 1 aromatic rings. The predicted octanol–water partition coefficient (Wildman–Crippen LogP) is 1.72. The first-order valence-electron chi connectivity index (χ1n) is 4.25. The minimum Gasteiger partial charge on any atom is -0.504 e. The fourth-order valence-electron chi connectivity index (χ4n) is 0.954. The number of aromatic hydroxyl groups is 1. The van der Waals surface area contributed by atoms with Crippen LogP contribution in [0.5, 0.6) is 17.2 Å². The van der Waals surface area contributed by atoms with Crippen molar-refractivity contribution in [3.8, 4) is 17.2 Å². The monoisotopic (exact) mass is 196 g/mol. The summed E-state index contributed by atoms with van der Waals surface area (Å²) in [5.74, 6) is -0.107. The third-order valence-electron chi connectivity index (χ3n) is 1.68. The van der Waals surface area contributed by atoms with Crippen LogP contribution in [-0.4, -0.2) is 18.2 Å². The molecule has 0 heterocycles. The van der Waals surface area contributed by atoms with Crippen molar-refractivity contribution in [1.29, 1.82) is 0 Å². The van der Waals surface area contributed by atoms with Crippen molar-refractivity contribution in [3.05, 3.63) is 18.2 Å². The fourth-order valence-corrected chi connectivity index (χ4v) is 0.954. The van der Waals surface area contributed by atoms with Gasteiger partial charge >= 0.3 is 5.97 Å². The number of carbonyl (C=O) groups is 1. The van der Waals surface area contributed by atoms with E-state index in [1.165, 1.54) is 13.2 Å². The molecule has 0 bridgehead atoms. The zero-order chi connectivity index (χ0) is 10.6. The largest absolute Gasteiger partial charge is 0.504 e. The van der Waals surface area contributed by atoms with Gasteiger partial charge in [-0.15, -0.1) is 0 Å². The first-order chi connectivity index (χ1) is 6.69. The van der Waals surface area contributed by atoms with E-state index in [1.807, 2.05) is 0 Å². The van der Waals surface area contributed by atoms with E-state index < -0.39 is 5.97 Å². The number of para-hydroxylation sites is 1. The quantitative estimate of drug-likeness (QED) is 0.590. The lowest BCUT2D eigenvalue weighted by molar-refractivity contribution is -0.134. The number of hydrogen-bond donors (Lipinski definition) is 1. The molecule has 0 saturated carbocycles. The van der Waals surface area contributed by atoms with E-state index in [0.29, 0.717) is 5.75 Å². The van der Waals surface area contributed by atoms with Crippen LogP contribution in [-0.2, 0) is 4.79 Å². The van der Waals surface area contributed by atoms with Crippen LogP contribution in [0.25, 0.3) is 0 Å². The van der Waals surface area contributed by atoms with E-state index in [4.69, 9.17) is 9.47 Å². The molecule has 1 N–H and O–H groups in total. The molecule has 4 nitrogen and oxygen atoms in total. The Bertz CT molecular complexity index is 333. The molecule has 0 aliphatic carbocycles. The Morgan fingerprint density at radius 2 is 2.21 bits per heavy atom. The van der Waals surface area contributed by atoms with E-state index >= 15 is 0 Å². The molecule has 0 radical (unpaired) electrons. The zero-order valence-electron chi connectivity index (χ0n) is 8.11. The highest BCUT2D eigenvalue weighted by atomic mass is 16.6. The molecular formula is C10H12O4. The van der Waals surface area contributed by atoms with Crippen LogP contribution in [0.4, 0.5) is 0 Å². The summed E-state index contributed by atoms with van der Waals surface area (Å²) in [5.41, 5.74) is 0. The zero-order valence-corrected chi connectivity index (χ0v) is 8.11. The number of phenols is 1. The van der Waals surface area contributed by atoms with E-state index in [0.717, 1.165) is 0 Å². The molecule has 0 amide bonds. The molecule has 14 heavy (non-hydrogen) atoms. The van der Waals surface area contributed by atoms with Gasteiger partial charge in [0.1, 0.15) is 0 Å². The molecule has 0 saturated heterocycles. The second kappa shape index (κ2) is 4.50. The summed E-state index contributed by atoms with van der Waals surface area (Å²) in [7, 11) is 1.44. The van der Waals surface area contributed by atoms with Crippen LogP contribution in [0.15, 0.2) is 18.2 Å². The third kappa shape index (κ3) is 2.16. The molecule has 0 spiro atoms. The molecule has 76 valence electrons. The highest BCUT2D eigenvalue weighted by molar-refractivity contribution is 5.74. The van der Waals surface area contributed by atoms with Crippen molar-refractivity contribution in [2.45, 2.75) is 13.3 Å². The molecule has 1 aromatic carbocycles. The minimum atomic E-state index is -0.412. The van der Waals surface area contributed by atoms with Gasteiger partial charge in [0.2, 0.25) is 5.75 Å². The van der Waals surface area contributed by atoms with E-state index in [1.54, 1.807) is 19.1 Å². The number of hydrogen-bond acceptors (Lipinski definition) is 4. The smallest absolute Gasteiger partial charge is 0.311 e. The molecule has 1 rings (SSSR count). The number of rotatable bonds is 3. The standard InChI is InChI=1S/C10H12O4/c1-3-9(12)14-10-7(11)5-4-6-8(10)13-2/h4-6,11H,3H2,1-2H3. The SMILES string of the molecule is CCC(=O)Oc1c(O)cccc1OC. The number of ether oxygens (including phenoxy) is 2. The van der Waals surface area contributed by atoms with Gasteiger partial charge in [0, 0.05) is 6.42 Å². The minimum absolute atomic E-state index is 0.0712.